The summed E-state index contributed by atoms with van der Waals surface area (Å²) in [6.07, 6.45) is 8.09. The van der Waals surface area contributed by atoms with Crippen molar-refractivity contribution in [2.24, 2.45) is 5.92 Å². The van der Waals surface area contributed by atoms with Crippen molar-refractivity contribution in [1.82, 2.24) is 4.90 Å². The number of rotatable bonds is 5. The molecule has 1 aromatic rings. The maximum atomic E-state index is 10.6. The van der Waals surface area contributed by atoms with Crippen molar-refractivity contribution in [2.45, 2.75) is 39.2 Å². The van der Waals surface area contributed by atoms with Crippen LogP contribution in [-0.4, -0.2) is 29.1 Å². The summed E-state index contributed by atoms with van der Waals surface area (Å²) in [6, 6.07) is 8.16. The summed E-state index contributed by atoms with van der Waals surface area (Å²) in [5, 5.41) is 8.69. The number of hydrogen-bond donors (Lipinski definition) is 1. The third kappa shape index (κ3) is 5.35. The molecule has 0 bridgehead atoms. The van der Waals surface area contributed by atoms with Crippen LogP contribution < -0.4 is 0 Å². The molecule has 21 heavy (non-hydrogen) atoms. The van der Waals surface area contributed by atoms with Crippen LogP contribution in [0, 0.1) is 5.92 Å². The molecule has 1 aromatic carbocycles. The largest absolute Gasteiger partial charge is 0.478 e. The van der Waals surface area contributed by atoms with Crippen molar-refractivity contribution in [1.29, 1.82) is 0 Å². The van der Waals surface area contributed by atoms with E-state index in [4.69, 9.17) is 5.11 Å². The zero-order chi connectivity index (χ0) is 15.1. The van der Waals surface area contributed by atoms with Gasteiger partial charge in [0.2, 0.25) is 0 Å². The molecule has 114 valence electrons. The van der Waals surface area contributed by atoms with Gasteiger partial charge in [0, 0.05) is 12.6 Å². The molecule has 2 rings (SSSR count). The molecule has 1 unspecified atom stereocenters. The maximum Gasteiger partial charge on any atom is 0.328 e. The van der Waals surface area contributed by atoms with E-state index in [1.807, 2.05) is 12.1 Å². The summed E-state index contributed by atoms with van der Waals surface area (Å²) < 4.78 is 0. The van der Waals surface area contributed by atoms with Crippen LogP contribution in [-0.2, 0) is 11.3 Å². The summed E-state index contributed by atoms with van der Waals surface area (Å²) in [4.78, 5) is 13.1. The lowest BCUT2D eigenvalue weighted by Crippen LogP contribution is -2.24. The average Bonchev–Trinajstić information content (AvgIpc) is 2.71. The predicted octanol–water partition coefficient (Wildman–Crippen LogP) is 3.80. The Labute approximate surface area is 127 Å². The van der Waals surface area contributed by atoms with Crippen molar-refractivity contribution in [2.75, 3.05) is 13.1 Å². The average molecular weight is 287 g/mol. The summed E-state index contributed by atoms with van der Waals surface area (Å²) in [5.74, 6) is -0.0154. The van der Waals surface area contributed by atoms with Crippen molar-refractivity contribution >= 4 is 12.0 Å². The van der Waals surface area contributed by atoms with Crippen LogP contribution in [0.25, 0.3) is 6.08 Å². The number of carboxylic acid groups (broad SMARTS) is 1. The number of carbonyl (C=O) groups is 1. The molecule has 1 atom stereocenters. The second kappa shape index (κ2) is 7.99. The van der Waals surface area contributed by atoms with Gasteiger partial charge >= 0.3 is 5.97 Å². The highest BCUT2D eigenvalue weighted by Gasteiger charge is 2.15. The molecule has 1 saturated heterocycles. The van der Waals surface area contributed by atoms with E-state index in [0.717, 1.165) is 18.0 Å². The minimum atomic E-state index is -0.904. The molecule has 0 aliphatic carbocycles. The summed E-state index contributed by atoms with van der Waals surface area (Å²) >= 11 is 0. The van der Waals surface area contributed by atoms with Gasteiger partial charge in [-0.05, 0) is 55.5 Å². The third-order valence-corrected chi connectivity index (χ3v) is 4.29. The fourth-order valence-electron chi connectivity index (χ4n) is 3.01. The van der Waals surface area contributed by atoms with Crippen LogP contribution in [0.5, 0.6) is 0 Å². The van der Waals surface area contributed by atoms with Gasteiger partial charge in [0.1, 0.15) is 0 Å². The van der Waals surface area contributed by atoms with E-state index in [1.165, 1.54) is 50.4 Å². The lowest BCUT2D eigenvalue weighted by atomic mass is 9.98. The molecule has 1 aliphatic heterocycles. The van der Waals surface area contributed by atoms with Gasteiger partial charge in [-0.3, -0.25) is 4.90 Å². The second-order valence-corrected chi connectivity index (χ2v) is 5.90. The van der Waals surface area contributed by atoms with E-state index in [2.05, 4.69) is 24.0 Å². The van der Waals surface area contributed by atoms with E-state index in [-0.39, 0.29) is 0 Å². The highest BCUT2D eigenvalue weighted by Crippen LogP contribution is 2.21. The summed E-state index contributed by atoms with van der Waals surface area (Å²) in [7, 11) is 0. The van der Waals surface area contributed by atoms with Gasteiger partial charge in [-0.25, -0.2) is 4.79 Å². The summed E-state index contributed by atoms with van der Waals surface area (Å²) in [5.41, 5.74) is 2.22. The Kier molecular flexibility index (Phi) is 6.00. The molecule has 0 saturated carbocycles. The Morgan fingerprint density at radius 3 is 3.00 bits per heavy atom. The minimum absolute atomic E-state index is 0.889. The zero-order valence-electron chi connectivity index (χ0n) is 12.8. The molecule has 0 aromatic heterocycles. The van der Waals surface area contributed by atoms with E-state index in [1.54, 1.807) is 6.08 Å². The maximum absolute atomic E-state index is 10.6. The smallest absolute Gasteiger partial charge is 0.328 e. The molecular formula is C18H25NO2. The number of hydrogen-bond acceptors (Lipinski definition) is 2. The SMILES string of the molecule is CCC1CCCN(Cc2cccc(C=CC(=O)O)c2)CC1. The van der Waals surface area contributed by atoms with E-state index in [9.17, 15) is 4.79 Å². The van der Waals surface area contributed by atoms with Crippen LogP contribution in [0.2, 0.25) is 0 Å². The van der Waals surface area contributed by atoms with E-state index >= 15 is 0 Å². The van der Waals surface area contributed by atoms with Crippen molar-refractivity contribution in [3.63, 3.8) is 0 Å². The van der Waals surface area contributed by atoms with Gasteiger partial charge < -0.3 is 5.11 Å². The fraction of sp³-hybridized carbons (Fsp3) is 0.500. The highest BCUT2D eigenvalue weighted by atomic mass is 16.4. The highest BCUT2D eigenvalue weighted by molar-refractivity contribution is 5.85. The number of aliphatic carboxylic acids is 1. The van der Waals surface area contributed by atoms with Crippen LogP contribution in [0.3, 0.4) is 0 Å². The quantitative estimate of drug-likeness (QED) is 0.837. The topological polar surface area (TPSA) is 40.5 Å². The van der Waals surface area contributed by atoms with Crippen LogP contribution in [0.1, 0.15) is 43.7 Å². The van der Waals surface area contributed by atoms with Gasteiger partial charge in [0.05, 0.1) is 0 Å². The van der Waals surface area contributed by atoms with Gasteiger partial charge in [-0.2, -0.15) is 0 Å². The fourth-order valence-corrected chi connectivity index (χ4v) is 3.01. The Morgan fingerprint density at radius 1 is 1.38 bits per heavy atom. The predicted molar refractivity (Wildman–Crippen MR) is 86.0 cm³/mol. The van der Waals surface area contributed by atoms with Crippen LogP contribution >= 0.6 is 0 Å². The van der Waals surface area contributed by atoms with Gasteiger partial charge in [-0.1, -0.05) is 37.6 Å². The molecule has 1 fully saturated rings. The summed E-state index contributed by atoms with van der Waals surface area (Å²) in [6.45, 7) is 5.60. The minimum Gasteiger partial charge on any atom is -0.478 e. The Hall–Kier alpha value is -1.61. The van der Waals surface area contributed by atoms with Gasteiger partial charge in [0.15, 0.2) is 0 Å². The first kappa shape index (κ1) is 15.8. The Morgan fingerprint density at radius 2 is 2.24 bits per heavy atom. The number of carboxylic acids is 1. The molecule has 1 aliphatic rings. The van der Waals surface area contributed by atoms with Crippen molar-refractivity contribution in [3.05, 3.63) is 41.5 Å². The number of benzene rings is 1. The Bertz CT molecular complexity index is 496. The van der Waals surface area contributed by atoms with Crippen LogP contribution in [0.4, 0.5) is 0 Å². The first-order chi connectivity index (χ1) is 10.2. The number of likely N-dealkylation sites (tertiary alicyclic amines) is 1. The lowest BCUT2D eigenvalue weighted by Gasteiger charge is -2.20. The Balaban J connectivity index is 1.96. The lowest BCUT2D eigenvalue weighted by molar-refractivity contribution is -0.131. The molecule has 3 nitrogen and oxygen atoms in total. The van der Waals surface area contributed by atoms with Crippen molar-refractivity contribution < 1.29 is 9.90 Å². The van der Waals surface area contributed by atoms with Gasteiger partial charge in [0.25, 0.3) is 0 Å². The molecule has 1 N–H and O–H groups in total. The normalized spacial score (nSPS) is 20.5. The molecule has 0 spiro atoms. The molecule has 0 radical (unpaired) electrons. The zero-order valence-corrected chi connectivity index (χ0v) is 12.8. The van der Waals surface area contributed by atoms with Gasteiger partial charge in [-0.15, -0.1) is 0 Å². The molecule has 0 amide bonds. The first-order valence-corrected chi connectivity index (χ1v) is 7.89. The monoisotopic (exact) mass is 287 g/mol. The molecule has 3 heteroatoms. The molecular weight excluding hydrogens is 262 g/mol. The van der Waals surface area contributed by atoms with E-state index < -0.39 is 5.97 Å². The molecule has 1 heterocycles. The number of nitrogens with zero attached hydrogens (tertiary/aromatic N) is 1. The first-order valence-electron chi connectivity index (χ1n) is 7.89. The second-order valence-electron chi connectivity index (χ2n) is 5.90. The van der Waals surface area contributed by atoms with Crippen LogP contribution in [0.15, 0.2) is 30.3 Å². The van der Waals surface area contributed by atoms with Crippen molar-refractivity contribution in [3.8, 4) is 0 Å². The third-order valence-electron chi connectivity index (χ3n) is 4.29. The standard InChI is InChI=1S/C18H25NO2/c1-2-15-7-4-11-19(12-10-15)14-17-6-3-5-16(13-17)8-9-18(20)21/h3,5-6,8-9,13,15H,2,4,7,10-12,14H2,1H3,(H,20,21). The van der Waals surface area contributed by atoms with E-state index in [0.29, 0.717) is 0 Å².